The molecule has 1 amide bonds. The lowest BCUT2D eigenvalue weighted by Gasteiger charge is -2.35. The van der Waals surface area contributed by atoms with Crippen LogP contribution < -0.4 is 15.4 Å². The lowest BCUT2D eigenvalue weighted by molar-refractivity contribution is -0.122. The van der Waals surface area contributed by atoms with Crippen LogP contribution in [0.4, 0.5) is 0 Å². The Labute approximate surface area is 184 Å². The van der Waals surface area contributed by atoms with Gasteiger partial charge in [0.1, 0.15) is 11.9 Å². The molecule has 0 aliphatic carbocycles. The molecule has 1 atom stereocenters. The molecule has 7 nitrogen and oxygen atoms in total. The third-order valence-electron chi connectivity index (χ3n) is 5.21. The number of ether oxygens (including phenoxy) is 2. The first-order chi connectivity index (χ1) is 15.1. The molecule has 7 heteroatoms. The summed E-state index contributed by atoms with van der Waals surface area (Å²) in [4.78, 5) is 18.3. The van der Waals surface area contributed by atoms with Crippen molar-refractivity contribution in [2.24, 2.45) is 4.99 Å². The Hall–Kier alpha value is -3.06. The minimum atomic E-state index is -0.123. The van der Waals surface area contributed by atoms with Crippen LogP contribution in [0.25, 0.3) is 0 Å². The Balaban J connectivity index is 1.57. The van der Waals surface area contributed by atoms with Gasteiger partial charge in [0, 0.05) is 26.7 Å². The maximum atomic E-state index is 11.6. The van der Waals surface area contributed by atoms with Crippen LogP contribution >= 0.6 is 0 Å². The van der Waals surface area contributed by atoms with E-state index in [1.54, 1.807) is 7.05 Å². The van der Waals surface area contributed by atoms with Crippen LogP contribution in [0.15, 0.2) is 53.5 Å². The molecular weight excluding hydrogens is 392 g/mol. The average molecular weight is 425 g/mol. The third kappa shape index (κ3) is 6.46. The van der Waals surface area contributed by atoms with Crippen molar-refractivity contribution in [3.8, 4) is 5.75 Å². The minimum Gasteiger partial charge on any atom is -0.484 e. The van der Waals surface area contributed by atoms with Gasteiger partial charge in [-0.05, 0) is 42.7 Å². The van der Waals surface area contributed by atoms with E-state index >= 15 is 0 Å². The lowest BCUT2D eigenvalue weighted by atomic mass is 10.0. The number of morpholine rings is 1. The number of hydrogen-bond donors (Lipinski definition) is 2. The van der Waals surface area contributed by atoms with Gasteiger partial charge in [-0.1, -0.05) is 36.4 Å². The summed E-state index contributed by atoms with van der Waals surface area (Å²) in [5, 5.41) is 6.17. The van der Waals surface area contributed by atoms with Crippen molar-refractivity contribution >= 4 is 11.9 Å². The molecular formula is C24H32N4O3. The second kappa shape index (κ2) is 11.4. The predicted molar refractivity (Wildman–Crippen MR) is 122 cm³/mol. The molecule has 1 aliphatic rings. The van der Waals surface area contributed by atoms with Crippen molar-refractivity contribution in [2.75, 3.05) is 39.9 Å². The summed E-state index contributed by atoms with van der Waals surface area (Å²) in [5.74, 6) is 1.39. The number of guanidine groups is 1. The molecule has 0 aromatic heterocycles. The van der Waals surface area contributed by atoms with E-state index in [4.69, 9.17) is 9.47 Å². The molecule has 3 rings (SSSR count). The van der Waals surface area contributed by atoms with Crippen molar-refractivity contribution in [3.63, 3.8) is 0 Å². The topological polar surface area (TPSA) is 75.2 Å². The fourth-order valence-corrected chi connectivity index (χ4v) is 3.63. The van der Waals surface area contributed by atoms with Gasteiger partial charge in [-0.3, -0.25) is 9.79 Å². The number of aliphatic imine (C=N–C) groups is 1. The zero-order valence-electron chi connectivity index (χ0n) is 18.6. The van der Waals surface area contributed by atoms with Crippen LogP contribution in [0.5, 0.6) is 5.75 Å². The zero-order valence-corrected chi connectivity index (χ0v) is 18.6. The first-order valence-corrected chi connectivity index (χ1v) is 10.7. The quantitative estimate of drug-likeness (QED) is 0.528. The smallest absolute Gasteiger partial charge is 0.257 e. The van der Waals surface area contributed by atoms with E-state index in [9.17, 15) is 4.79 Å². The molecule has 0 spiro atoms. The summed E-state index contributed by atoms with van der Waals surface area (Å²) in [5.41, 5.74) is 3.51. The molecule has 1 saturated heterocycles. The second-order valence-corrected chi connectivity index (χ2v) is 7.45. The monoisotopic (exact) mass is 424 g/mol. The van der Waals surface area contributed by atoms with Crippen molar-refractivity contribution < 1.29 is 14.3 Å². The van der Waals surface area contributed by atoms with E-state index in [0.717, 1.165) is 24.6 Å². The number of carbonyl (C=O) groups excluding carboxylic acids is 1. The first-order valence-electron chi connectivity index (χ1n) is 10.7. The van der Waals surface area contributed by atoms with Gasteiger partial charge in [-0.2, -0.15) is 0 Å². The van der Waals surface area contributed by atoms with Gasteiger partial charge in [0.2, 0.25) is 0 Å². The predicted octanol–water partition coefficient (Wildman–Crippen LogP) is 2.66. The van der Waals surface area contributed by atoms with Crippen molar-refractivity contribution in [2.45, 2.75) is 26.5 Å². The normalized spacial score (nSPS) is 16.7. The van der Waals surface area contributed by atoms with Crippen molar-refractivity contribution in [1.82, 2.24) is 15.5 Å². The SMILES string of the molecule is CCNC(=O)COc1cccc(CNC(=NC)N2CCOC(c3ccccc3C)C2)c1. The maximum absolute atomic E-state index is 11.6. The second-order valence-electron chi connectivity index (χ2n) is 7.45. The summed E-state index contributed by atoms with van der Waals surface area (Å²) >= 11 is 0. The minimum absolute atomic E-state index is 0.0143. The van der Waals surface area contributed by atoms with E-state index in [2.05, 4.69) is 45.6 Å². The van der Waals surface area contributed by atoms with E-state index in [0.29, 0.717) is 25.4 Å². The Kier molecular flexibility index (Phi) is 8.29. The molecule has 2 aromatic rings. The molecule has 1 aliphatic heterocycles. The van der Waals surface area contributed by atoms with Gasteiger partial charge in [0.15, 0.2) is 12.6 Å². The number of likely N-dealkylation sites (N-methyl/N-ethyl adjacent to an activating group) is 1. The van der Waals surface area contributed by atoms with E-state index in [-0.39, 0.29) is 18.6 Å². The van der Waals surface area contributed by atoms with Gasteiger partial charge in [0.05, 0.1) is 13.2 Å². The number of hydrogen-bond acceptors (Lipinski definition) is 4. The van der Waals surface area contributed by atoms with Crippen molar-refractivity contribution in [1.29, 1.82) is 0 Å². The number of amides is 1. The van der Waals surface area contributed by atoms with E-state index in [1.807, 2.05) is 37.3 Å². The third-order valence-corrected chi connectivity index (χ3v) is 5.21. The highest BCUT2D eigenvalue weighted by molar-refractivity contribution is 5.80. The van der Waals surface area contributed by atoms with Gasteiger partial charge < -0.3 is 25.0 Å². The average Bonchev–Trinajstić information content (AvgIpc) is 2.79. The summed E-state index contributed by atoms with van der Waals surface area (Å²) in [6, 6.07) is 16.1. The van der Waals surface area contributed by atoms with Crippen LogP contribution in [0.3, 0.4) is 0 Å². The van der Waals surface area contributed by atoms with Crippen LogP contribution in [-0.2, 0) is 16.1 Å². The largest absolute Gasteiger partial charge is 0.484 e. The molecule has 0 radical (unpaired) electrons. The highest BCUT2D eigenvalue weighted by atomic mass is 16.5. The van der Waals surface area contributed by atoms with Crippen LogP contribution in [0.2, 0.25) is 0 Å². The Morgan fingerprint density at radius 2 is 2.06 bits per heavy atom. The summed E-state index contributed by atoms with van der Waals surface area (Å²) in [7, 11) is 1.80. The van der Waals surface area contributed by atoms with Crippen LogP contribution in [0.1, 0.15) is 29.7 Å². The number of nitrogens with one attached hydrogen (secondary N) is 2. The molecule has 1 unspecified atom stereocenters. The molecule has 0 bridgehead atoms. The van der Waals surface area contributed by atoms with Gasteiger partial charge in [-0.25, -0.2) is 0 Å². The van der Waals surface area contributed by atoms with Crippen molar-refractivity contribution in [3.05, 3.63) is 65.2 Å². The standard InChI is InChI=1S/C24H32N4O3/c1-4-26-23(29)17-31-20-10-7-9-19(14-20)15-27-24(25-3)28-12-13-30-22(16-28)21-11-6-5-8-18(21)2/h5-11,14,22H,4,12-13,15-17H2,1-3H3,(H,25,27)(H,26,29). The van der Waals surface area contributed by atoms with Gasteiger partial charge >= 0.3 is 0 Å². The van der Waals surface area contributed by atoms with E-state index < -0.39 is 0 Å². The number of rotatable bonds is 7. The molecule has 2 N–H and O–H groups in total. The highest BCUT2D eigenvalue weighted by Crippen LogP contribution is 2.25. The summed E-state index contributed by atoms with van der Waals surface area (Å²) < 4.78 is 11.6. The number of carbonyl (C=O) groups is 1. The molecule has 1 fully saturated rings. The maximum Gasteiger partial charge on any atom is 0.257 e. The Morgan fingerprint density at radius 1 is 1.23 bits per heavy atom. The Bertz CT molecular complexity index is 900. The van der Waals surface area contributed by atoms with E-state index in [1.165, 1.54) is 11.1 Å². The number of benzene rings is 2. The number of aryl methyl sites for hydroxylation is 1. The van der Waals surface area contributed by atoms with Crippen LogP contribution in [-0.4, -0.2) is 56.7 Å². The highest BCUT2D eigenvalue weighted by Gasteiger charge is 2.25. The summed E-state index contributed by atoms with van der Waals surface area (Å²) in [6.45, 7) is 7.41. The fourth-order valence-electron chi connectivity index (χ4n) is 3.63. The fraction of sp³-hybridized carbons (Fsp3) is 0.417. The molecule has 0 saturated carbocycles. The first kappa shape index (κ1) is 22.6. The Morgan fingerprint density at radius 3 is 2.84 bits per heavy atom. The molecule has 2 aromatic carbocycles. The molecule has 31 heavy (non-hydrogen) atoms. The van der Waals surface area contributed by atoms with Gasteiger partial charge in [0.25, 0.3) is 5.91 Å². The molecule has 166 valence electrons. The zero-order chi connectivity index (χ0) is 22.1. The van der Waals surface area contributed by atoms with Gasteiger partial charge in [-0.15, -0.1) is 0 Å². The summed E-state index contributed by atoms with van der Waals surface area (Å²) in [6.07, 6.45) is 0.0273. The van der Waals surface area contributed by atoms with Crippen LogP contribution in [0, 0.1) is 6.92 Å². The molecule has 1 heterocycles. The lowest BCUT2D eigenvalue weighted by Crippen LogP contribution is -2.48. The number of nitrogens with zero attached hydrogens (tertiary/aromatic N) is 2.